The van der Waals surface area contributed by atoms with Crippen molar-refractivity contribution in [2.75, 3.05) is 14.2 Å². The predicted octanol–water partition coefficient (Wildman–Crippen LogP) is 3.67. The van der Waals surface area contributed by atoms with Crippen molar-refractivity contribution in [2.24, 2.45) is 17.8 Å². The third kappa shape index (κ3) is 8.39. The molecule has 0 amide bonds. The Labute approximate surface area is 311 Å². The number of methoxy groups -OCH3 is 1. The lowest BCUT2D eigenvalue weighted by Gasteiger charge is -2.49. The largest absolute Gasteiger partial charge is 0.489 e. The van der Waals surface area contributed by atoms with Gasteiger partial charge in [-0.15, -0.1) is 0 Å². The molecule has 4 N–H and O–H groups in total. The zero-order chi connectivity index (χ0) is 39.2. The minimum absolute atomic E-state index is 0.163. The number of aliphatic hydroxyl groups excluding tert-OH is 3. The second-order valence-corrected chi connectivity index (χ2v) is 17.1. The number of esters is 1. The van der Waals surface area contributed by atoms with Gasteiger partial charge in [-0.3, -0.25) is 9.69 Å². The maximum atomic E-state index is 14.2. The molecule has 0 radical (unpaired) electrons. The second-order valence-electron chi connectivity index (χ2n) is 17.1. The summed E-state index contributed by atoms with van der Waals surface area (Å²) in [6.07, 6.45) is -7.45. The fourth-order valence-corrected chi connectivity index (χ4v) is 9.00. The highest BCUT2D eigenvalue weighted by atomic mass is 16.7. The summed E-state index contributed by atoms with van der Waals surface area (Å²) in [7, 11) is 3.51. The van der Waals surface area contributed by atoms with Crippen LogP contribution in [0.4, 0.5) is 0 Å². The number of likely N-dealkylation sites (N-methyl/N-ethyl adjacent to an activating group) is 1. The number of fused-ring (bicyclic) bond motifs is 2. The smallest absolute Gasteiger partial charge is 0.311 e. The van der Waals surface area contributed by atoms with Gasteiger partial charge in [0, 0.05) is 43.9 Å². The van der Waals surface area contributed by atoms with E-state index in [-0.39, 0.29) is 31.0 Å². The van der Waals surface area contributed by atoms with Crippen LogP contribution >= 0.6 is 0 Å². The van der Waals surface area contributed by atoms with Crippen molar-refractivity contribution in [1.82, 2.24) is 4.90 Å². The molecule has 13 nitrogen and oxygen atoms in total. The molecule has 13 heteroatoms. The van der Waals surface area contributed by atoms with Crippen molar-refractivity contribution in [3.63, 3.8) is 0 Å². The SMILES string of the molecule is CC[C@H]1OC(=O)[C@H](C)[C@@H](OC2C[C@@](C)(OC)[C@@H](O)[C@H](C)O2)[C@H](C)[C@@H](OC2O[C@H](C)C[C@H](N(C)C(C)C)[C@H]2O)[C@]2(C)CC(C)=C(O2)[C@H](C)[C@@H](O)[C@]1(C)O. The van der Waals surface area contributed by atoms with E-state index in [0.29, 0.717) is 18.6 Å². The van der Waals surface area contributed by atoms with Crippen LogP contribution in [0, 0.1) is 17.8 Å². The first-order valence-electron chi connectivity index (χ1n) is 19.3. The topological polar surface area (TPSA) is 166 Å². The first-order valence-corrected chi connectivity index (χ1v) is 19.3. The fourth-order valence-electron chi connectivity index (χ4n) is 9.00. The average molecular weight is 744 g/mol. The Balaban J connectivity index is 1.84. The second kappa shape index (κ2) is 16.4. The van der Waals surface area contributed by atoms with E-state index >= 15 is 0 Å². The highest BCUT2D eigenvalue weighted by Gasteiger charge is 2.56. The summed E-state index contributed by atoms with van der Waals surface area (Å²) in [6.45, 7) is 22.2. The number of aliphatic hydroxyl groups is 4. The Morgan fingerprint density at radius 2 is 1.62 bits per heavy atom. The van der Waals surface area contributed by atoms with Gasteiger partial charge in [0.25, 0.3) is 0 Å². The zero-order valence-corrected chi connectivity index (χ0v) is 34.0. The van der Waals surface area contributed by atoms with Crippen molar-refractivity contribution < 1.29 is 58.4 Å². The Morgan fingerprint density at radius 3 is 2.19 bits per heavy atom. The van der Waals surface area contributed by atoms with Crippen LogP contribution in [0.2, 0.25) is 0 Å². The molecule has 3 fully saturated rings. The Morgan fingerprint density at radius 1 is 0.981 bits per heavy atom. The van der Waals surface area contributed by atoms with Crippen LogP contribution in [0.25, 0.3) is 0 Å². The summed E-state index contributed by atoms with van der Waals surface area (Å²) >= 11 is 0. The van der Waals surface area contributed by atoms with Crippen molar-refractivity contribution in [1.29, 1.82) is 0 Å². The van der Waals surface area contributed by atoms with E-state index in [2.05, 4.69) is 18.7 Å². The molecule has 17 atom stereocenters. The number of carbonyl (C=O) groups excluding carboxylic acids is 1. The minimum atomic E-state index is -1.82. The molecule has 4 aliphatic rings. The van der Waals surface area contributed by atoms with Gasteiger partial charge in [0.05, 0.1) is 35.9 Å². The molecule has 4 rings (SSSR count). The number of carbonyl (C=O) groups is 1. The van der Waals surface area contributed by atoms with Gasteiger partial charge >= 0.3 is 5.97 Å². The zero-order valence-electron chi connectivity index (χ0n) is 34.0. The summed E-state index contributed by atoms with van der Waals surface area (Å²) in [6, 6.07) is -0.0815. The molecule has 0 aliphatic carbocycles. The first kappa shape index (κ1) is 43.3. The summed E-state index contributed by atoms with van der Waals surface area (Å²) in [5.41, 5.74) is -3.01. The van der Waals surface area contributed by atoms with E-state index in [4.69, 9.17) is 33.2 Å². The number of hydrogen-bond donors (Lipinski definition) is 4. The third-order valence-electron chi connectivity index (χ3n) is 12.6. The summed E-state index contributed by atoms with van der Waals surface area (Å²) in [5, 5.41) is 46.2. The molecule has 2 unspecified atom stereocenters. The van der Waals surface area contributed by atoms with Crippen LogP contribution < -0.4 is 0 Å². The highest BCUT2D eigenvalue weighted by molar-refractivity contribution is 5.73. The van der Waals surface area contributed by atoms with Gasteiger partial charge in [0.15, 0.2) is 12.6 Å². The van der Waals surface area contributed by atoms with Gasteiger partial charge in [-0.2, -0.15) is 0 Å². The normalized spacial score (nSPS) is 48.2. The quantitative estimate of drug-likeness (QED) is 0.267. The molecular weight excluding hydrogens is 674 g/mol. The first-order chi connectivity index (χ1) is 24.0. The highest BCUT2D eigenvalue weighted by Crippen LogP contribution is 2.47. The van der Waals surface area contributed by atoms with E-state index in [0.717, 1.165) is 5.57 Å². The van der Waals surface area contributed by atoms with E-state index in [9.17, 15) is 25.2 Å². The lowest BCUT2D eigenvalue weighted by Crippen LogP contribution is -2.61. The maximum absolute atomic E-state index is 14.2. The minimum Gasteiger partial charge on any atom is -0.489 e. The molecule has 52 heavy (non-hydrogen) atoms. The van der Waals surface area contributed by atoms with E-state index in [1.807, 2.05) is 34.7 Å². The third-order valence-corrected chi connectivity index (χ3v) is 12.6. The van der Waals surface area contributed by atoms with Crippen molar-refractivity contribution in [2.45, 2.75) is 199 Å². The molecule has 0 spiro atoms. The van der Waals surface area contributed by atoms with Gasteiger partial charge in [0.1, 0.15) is 41.4 Å². The number of cyclic esters (lactones) is 1. The maximum Gasteiger partial charge on any atom is 0.311 e. The standard InChI is InChI=1S/C39H69NO12/c1-15-27-39(12,45)32(42)22(6)30-20(4)17-38(11,52-30)34(51-36-29(41)26(16-21(5)47-36)40(13)19(2)3)23(7)31(24(8)35(44)49-27)50-28-18-37(10,46-14)33(43)25(9)48-28/h19,21-29,31-34,36,41-43,45H,15-18H2,1-14H3/t21-,22+,23+,24-,25+,26+,27-,28?,29-,31+,32-,33+,34-,36?,37-,38+,39-/m1/s1. The molecule has 4 heterocycles. The Bertz CT molecular complexity index is 1260. The predicted molar refractivity (Wildman–Crippen MR) is 193 cm³/mol. The van der Waals surface area contributed by atoms with Gasteiger partial charge in [-0.1, -0.05) is 20.8 Å². The van der Waals surface area contributed by atoms with Gasteiger partial charge in [0.2, 0.25) is 0 Å². The lowest BCUT2D eigenvalue weighted by atomic mass is 9.78. The molecule has 302 valence electrons. The van der Waals surface area contributed by atoms with Gasteiger partial charge in [-0.25, -0.2) is 0 Å². The Kier molecular flexibility index (Phi) is 13.6. The number of nitrogens with zero attached hydrogens (tertiary/aromatic N) is 1. The summed E-state index contributed by atoms with van der Waals surface area (Å²) in [5.74, 6) is -2.33. The Hall–Kier alpha value is -1.39. The van der Waals surface area contributed by atoms with Crippen LogP contribution in [0.5, 0.6) is 0 Å². The van der Waals surface area contributed by atoms with Crippen molar-refractivity contribution in [3.8, 4) is 0 Å². The van der Waals surface area contributed by atoms with Crippen LogP contribution in [-0.4, -0.2) is 136 Å². The number of hydrogen-bond acceptors (Lipinski definition) is 13. The van der Waals surface area contributed by atoms with Crippen molar-refractivity contribution in [3.05, 3.63) is 11.3 Å². The van der Waals surface area contributed by atoms with E-state index in [1.165, 1.54) is 14.0 Å². The molecule has 0 aromatic carbocycles. The van der Waals surface area contributed by atoms with Gasteiger partial charge in [-0.05, 0) is 87.8 Å². The van der Waals surface area contributed by atoms with Gasteiger partial charge < -0.3 is 53.6 Å². The number of ether oxygens (including phenoxy) is 7. The van der Waals surface area contributed by atoms with Crippen LogP contribution in [0.15, 0.2) is 11.3 Å². The molecule has 3 saturated heterocycles. The van der Waals surface area contributed by atoms with Crippen LogP contribution in [-0.2, 0) is 38.0 Å². The summed E-state index contributed by atoms with van der Waals surface area (Å²) in [4.78, 5) is 16.3. The molecular formula is C39H69NO12. The van der Waals surface area contributed by atoms with Crippen LogP contribution in [0.3, 0.4) is 0 Å². The van der Waals surface area contributed by atoms with Crippen LogP contribution in [0.1, 0.15) is 109 Å². The van der Waals surface area contributed by atoms with E-state index < -0.39 is 95.8 Å². The fraction of sp³-hybridized carbons (Fsp3) is 0.923. The average Bonchev–Trinajstić information content (AvgIpc) is 3.40. The van der Waals surface area contributed by atoms with Crippen molar-refractivity contribution >= 4 is 5.97 Å². The number of rotatable bonds is 8. The molecule has 0 saturated carbocycles. The molecule has 4 aliphatic heterocycles. The monoisotopic (exact) mass is 743 g/mol. The molecule has 2 bridgehead atoms. The molecule has 0 aromatic heterocycles. The van der Waals surface area contributed by atoms with E-state index in [1.54, 1.807) is 34.6 Å². The molecule has 0 aromatic rings. The summed E-state index contributed by atoms with van der Waals surface area (Å²) < 4.78 is 44.9. The lowest BCUT2D eigenvalue weighted by molar-refractivity contribution is -0.317.